The van der Waals surface area contributed by atoms with Crippen molar-refractivity contribution < 1.29 is 4.79 Å². The van der Waals surface area contributed by atoms with Gasteiger partial charge in [0.25, 0.3) is 5.91 Å². The Morgan fingerprint density at radius 2 is 1.92 bits per heavy atom. The number of carbonyl (C=O) groups excluding carboxylic acids is 1. The van der Waals surface area contributed by atoms with Crippen molar-refractivity contribution in [3.63, 3.8) is 0 Å². The summed E-state index contributed by atoms with van der Waals surface area (Å²) in [4.78, 5) is 23.9. The lowest BCUT2D eigenvalue weighted by Gasteiger charge is -2.34. The average molecular weight is 331 g/mol. The maximum Gasteiger partial charge on any atom is 0.254 e. The van der Waals surface area contributed by atoms with Crippen LogP contribution < -0.4 is 10.2 Å². The number of likely N-dealkylation sites (tertiary alicyclic amines) is 1. The number of likely N-dealkylation sites (N-methyl/N-ethyl adjacent to an activating group) is 1. The van der Waals surface area contributed by atoms with Gasteiger partial charge < -0.3 is 20.0 Å². The number of anilines is 1. The standard InChI is InChI=1S/C18H29N5O/c1-19-14-15-4-7-23(8-5-15)18(24)16-3-6-20-17(13-16)22-11-9-21(2)10-12-22/h3,6,13,15,19H,4-5,7-12,14H2,1-2H3. The Morgan fingerprint density at radius 3 is 2.58 bits per heavy atom. The van der Waals surface area contributed by atoms with E-state index in [1.165, 1.54) is 0 Å². The van der Waals surface area contributed by atoms with Gasteiger partial charge in [0.15, 0.2) is 0 Å². The minimum absolute atomic E-state index is 0.149. The smallest absolute Gasteiger partial charge is 0.254 e. The highest BCUT2D eigenvalue weighted by molar-refractivity contribution is 5.94. The fourth-order valence-electron chi connectivity index (χ4n) is 3.57. The maximum absolute atomic E-state index is 12.8. The third-order valence-electron chi connectivity index (χ3n) is 5.21. The molecule has 6 heteroatoms. The minimum atomic E-state index is 0.149. The Morgan fingerprint density at radius 1 is 1.21 bits per heavy atom. The number of nitrogens with one attached hydrogen (secondary N) is 1. The molecule has 1 aromatic rings. The van der Waals surface area contributed by atoms with E-state index in [4.69, 9.17) is 0 Å². The van der Waals surface area contributed by atoms with Crippen LogP contribution in [0.2, 0.25) is 0 Å². The lowest BCUT2D eigenvalue weighted by atomic mass is 9.96. The van der Waals surface area contributed by atoms with Crippen LogP contribution >= 0.6 is 0 Å². The lowest BCUT2D eigenvalue weighted by Crippen LogP contribution is -2.45. The van der Waals surface area contributed by atoms with Crippen molar-refractivity contribution in [1.29, 1.82) is 0 Å². The number of piperazine rings is 1. The van der Waals surface area contributed by atoms with Crippen molar-refractivity contribution in [2.45, 2.75) is 12.8 Å². The van der Waals surface area contributed by atoms with E-state index in [0.717, 1.165) is 70.0 Å². The lowest BCUT2D eigenvalue weighted by molar-refractivity contribution is 0.0691. The average Bonchev–Trinajstić information content (AvgIpc) is 2.63. The summed E-state index contributed by atoms with van der Waals surface area (Å²) in [5.74, 6) is 1.77. The molecule has 0 aliphatic carbocycles. The van der Waals surface area contributed by atoms with E-state index >= 15 is 0 Å². The molecular weight excluding hydrogens is 302 g/mol. The predicted molar refractivity (Wildman–Crippen MR) is 96.5 cm³/mol. The van der Waals surface area contributed by atoms with Crippen molar-refractivity contribution in [2.75, 3.05) is 64.8 Å². The topological polar surface area (TPSA) is 51.7 Å². The van der Waals surface area contributed by atoms with E-state index in [1.54, 1.807) is 6.20 Å². The number of hydrogen-bond acceptors (Lipinski definition) is 5. The number of hydrogen-bond donors (Lipinski definition) is 1. The number of rotatable bonds is 4. The highest BCUT2D eigenvalue weighted by atomic mass is 16.2. The molecule has 0 saturated carbocycles. The van der Waals surface area contributed by atoms with Crippen LogP contribution in [0, 0.1) is 5.92 Å². The number of piperidine rings is 1. The summed E-state index contributed by atoms with van der Waals surface area (Å²) in [5.41, 5.74) is 0.769. The van der Waals surface area contributed by atoms with E-state index in [2.05, 4.69) is 27.1 Å². The van der Waals surface area contributed by atoms with Gasteiger partial charge in [-0.25, -0.2) is 4.98 Å². The van der Waals surface area contributed by atoms with Crippen LogP contribution in [0.25, 0.3) is 0 Å². The number of aromatic nitrogens is 1. The summed E-state index contributed by atoms with van der Waals surface area (Å²) in [6.07, 6.45) is 3.95. The monoisotopic (exact) mass is 331 g/mol. The number of carbonyl (C=O) groups is 1. The zero-order valence-electron chi connectivity index (χ0n) is 14.9. The molecule has 0 aromatic carbocycles. The predicted octanol–water partition coefficient (Wildman–Crippen LogP) is 0.905. The van der Waals surface area contributed by atoms with Gasteiger partial charge in [-0.05, 0) is 51.5 Å². The molecule has 0 unspecified atom stereocenters. The first-order valence-electron chi connectivity index (χ1n) is 9.01. The highest BCUT2D eigenvalue weighted by Gasteiger charge is 2.24. The van der Waals surface area contributed by atoms with Crippen LogP contribution in [0.5, 0.6) is 0 Å². The molecule has 24 heavy (non-hydrogen) atoms. The number of amides is 1. The Kier molecular flexibility index (Phi) is 5.68. The summed E-state index contributed by atoms with van der Waals surface area (Å²) in [7, 11) is 4.14. The fourth-order valence-corrected chi connectivity index (χ4v) is 3.57. The van der Waals surface area contributed by atoms with Crippen molar-refractivity contribution >= 4 is 11.7 Å². The van der Waals surface area contributed by atoms with Gasteiger partial charge in [0, 0.05) is 51.0 Å². The molecule has 2 aliphatic heterocycles. The molecule has 0 atom stereocenters. The molecule has 2 fully saturated rings. The van der Waals surface area contributed by atoms with Crippen LogP contribution in [0.3, 0.4) is 0 Å². The second-order valence-electron chi connectivity index (χ2n) is 6.99. The molecule has 1 amide bonds. The quantitative estimate of drug-likeness (QED) is 0.889. The van der Waals surface area contributed by atoms with Crippen LogP contribution in [-0.2, 0) is 0 Å². The SMILES string of the molecule is CNCC1CCN(C(=O)c2ccnc(N3CCN(C)CC3)c2)CC1. The van der Waals surface area contributed by atoms with Gasteiger partial charge in [0.05, 0.1) is 0 Å². The molecule has 1 aromatic heterocycles. The Balaban J connectivity index is 1.62. The Bertz CT molecular complexity index is 548. The van der Waals surface area contributed by atoms with E-state index < -0.39 is 0 Å². The van der Waals surface area contributed by atoms with Crippen LogP contribution in [0.4, 0.5) is 5.82 Å². The largest absolute Gasteiger partial charge is 0.354 e. The molecular formula is C18H29N5O. The third kappa shape index (κ3) is 4.05. The molecule has 3 rings (SSSR count). The molecule has 0 spiro atoms. The number of pyridine rings is 1. The summed E-state index contributed by atoms with van der Waals surface area (Å²) >= 11 is 0. The zero-order chi connectivity index (χ0) is 16.9. The highest BCUT2D eigenvalue weighted by Crippen LogP contribution is 2.20. The van der Waals surface area contributed by atoms with E-state index in [-0.39, 0.29) is 5.91 Å². The van der Waals surface area contributed by atoms with Gasteiger partial charge in [0.1, 0.15) is 5.82 Å². The summed E-state index contributed by atoms with van der Waals surface area (Å²) in [6.45, 7) is 6.78. The maximum atomic E-state index is 12.8. The molecule has 0 bridgehead atoms. The van der Waals surface area contributed by atoms with Crippen molar-refractivity contribution in [1.82, 2.24) is 20.1 Å². The van der Waals surface area contributed by atoms with Gasteiger partial charge in [0.2, 0.25) is 0 Å². The summed E-state index contributed by atoms with van der Waals surface area (Å²) < 4.78 is 0. The number of nitrogens with zero attached hydrogens (tertiary/aromatic N) is 4. The van der Waals surface area contributed by atoms with Crippen molar-refractivity contribution in [2.24, 2.45) is 5.92 Å². The van der Waals surface area contributed by atoms with Crippen LogP contribution in [0.15, 0.2) is 18.3 Å². The van der Waals surface area contributed by atoms with Gasteiger partial charge in [-0.15, -0.1) is 0 Å². The third-order valence-corrected chi connectivity index (χ3v) is 5.21. The second-order valence-corrected chi connectivity index (χ2v) is 6.99. The van der Waals surface area contributed by atoms with E-state index in [0.29, 0.717) is 5.92 Å². The van der Waals surface area contributed by atoms with E-state index in [9.17, 15) is 4.79 Å². The summed E-state index contributed by atoms with van der Waals surface area (Å²) in [5, 5.41) is 3.24. The van der Waals surface area contributed by atoms with E-state index in [1.807, 2.05) is 24.1 Å². The van der Waals surface area contributed by atoms with Gasteiger partial charge in [-0.3, -0.25) is 4.79 Å². The molecule has 132 valence electrons. The second kappa shape index (κ2) is 7.94. The Labute approximate surface area is 144 Å². The summed E-state index contributed by atoms with van der Waals surface area (Å²) in [6, 6.07) is 3.81. The first-order chi connectivity index (χ1) is 11.7. The molecule has 1 N–H and O–H groups in total. The van der Waals surface area contributed by atoms with Gasteiger partial charge in [-0.1, -0.05) is 0 Å². The first kappa shape index (κ1) is 17.2. The van der Waals surface area contributed by atoms with Gasteiger partial charge >= 0.3 is 0 Å². The first-order valence-corrected chi connectivity index (χ1v) is 9.01. The molecule has 3 heterocycles. The normalized spacial score (nSPS) is 20.4. The van der Waals surface area contributed by atoms with Crippen molar-refractivity contribution in [3.8, 4) is 0 Å². The molecule has 2 aliphatic rings. The fraction of sp³-hybridized carbons (Fsp3) is 0.667. The van der Waals surface area contributed by atoms with Crippen LogP contribution in [-0.4, -0.2) is 80.6 Å². The zero-order valence-corrected chi connectivity index (χ0v) is 14.9. The van der Waals surface area contributed by atoms with Crippen molar-refractivity contribution in [3.05, 3.63) is 23.9 Å². The Hall–Kier alpha value is -1.66. The molecule has 6 nitrogen and oxygen atoms in total. The molecule has 2 saturated heterocycles. The van der Waals surface area contributed by atoms with Crippen LogP contribution in [0.1, 0.15) is 23.2 Å². The van der Waals surface area contributed by atoms with Gasteiger partial charge in [-0.2, -0.15) is 0 Å². The minimum Gasteiger partial charge on any atom is -0.354 e. The molecule has 0 radical (unpaired) electrons.